The number of rotatable bonds is 2. The molecule has 0 radical (unpaired) electrons. The Morgan fingerprint density at radius 3 is 2.71 bits per heavy atom. The molecular weight excluding hydrogens is 298 g/mol. The van der Waals surface area contributed by atoms with Gasteiger partial charge in [-0.1, -0.05) is 30.7 Å². The lowest BCUT2D eigenvalue weighted by molar-refractivity contribution is 0.171. The maximum Gasteiger partial charge on any atom is 0.318 e. The summed E-state index contributed by atoms with van der Waals surface area (Å²) in [7, 11) is 2.22. The molecule has 1 N–H and O–H groups in total. The first-order chi connectivity index (χ1) is 11.6. The molecule has 4 nitrogen and oxygen atoms in total. The molecule has 4 heteroatoms. The Morgan fingerprint density at radius 2 is 1.96 bits per heavy atom. The zero-order chi connectivity index (χ0) is 16.7. The van der Waals surface area contributed by atoms with Crippen molar-refractivity contribution in [2.75, 3.05) is 26.7 Å². The van der Waals surface area contributed by atoms with Crippen LogP contribution in [0.4, 0.5) is 4.79 Å². The van der Waals surface area contributed by atoms with Crippen LogP contribution in [0.2, 0.25) is 0 Å². The minimum Gasteiger partial charge on any atom is -0.328 e. The van der Waals surface area contributed by atoms with E-state index in [1.54, 1.807) is 0 Å². The Labute approximate surface area is 145 Å². The molecule has 130 valence electrons. The minimum absolute atomic E-state index is 0.115. The summed E-state index contributed by atoms with van der Waals surface area (Å²) in [5.74, 6) is 0.627. The van der Waals surface area contributed by atoms with Crippen LogP contribution in [0.3, 0.4) is 0 Å². The monoisotopic (exact) mass is 327 g/mol. The highest BCUT2D eigenvalue weighted by molar-refractivity contribution is 5.76. The number of nitrogens with zero attached hydrogens (tertiary/aromatic N) is 2. The van der Waals surface area contributed by atoms with Gasteiger partial charge in [0, 0.05) is 25.7 Å². The molecule has 3 fully saturated rings. The number of carbonyl (C=O) groups excluding carboxylic acids is 1. The molecule has 1 aromatic rings. The standard InChI is InChI=1S/C20H29N3O/c1-15-6-3-4-9-18(15)20(10-11-20)21-19(24)23-13-16-7-5-8-17(14-23)22(2)12-16/h3-4,6,9,16-17H,5,7-8,10-14H2,1-2H3,(H,21,24)/t16-,17-/m0/s1. The Morgan fingerprint density at radius 1 is 1.17 bits per heavy atom. The van der Waals surface area contributed by atoms with E-state index in [-0.39, 0.29) is 11.6 Å². The number of urea groups is 1. The van der Waals surface area contributed by atoms with Crippen molar-refractivity contribution >= 4 is 6.03 Å². The fourth-order valence-electron chi connectivity index (χ4n) is 4.68. The van der Waals surface area contributed by atoms with Crippen molar-refractivity contribution in [3.8, 4) is 0 Å². The van der Waals surface area contributed by atoms with Crippen LogP contribution in [0.15, 0.2) is 24.3 Å². The predicted octanol–water partition coefficient (Wildman–Crippen LogP) is 3.11. The van der Waals surface area contributed by atoms with E-state index in [2.05, 4.69) is 53.4 Å². The van der Waals surface area contributed by atoms with Crippen molar-refractivity contribution in [1.29, 1.82) is 0 Å². The number of amides is 2. The predicted molar refractivity (Wildman–Crippen MR) is 96.0 cm³/mol. The van der Waals surface area contributed by atoms with Crippen LogP contribution in [-0.4, -0.2) is 48.6 Å². The summed E-state index contributed by atoms with van der Waals surface area (Å²) >= 11 is 0. The van der Waals surface area contributed by atoms with Gasteiger partial charge in [0.1, 0.15) is 0 Å². The van der Waals surface area contributed by atoms with Crippen LogP contribution in [0, 0.1) is 12.8 Å². The fourth-order valence-corrected chi connectivity index (χ4v) is 4.68. The first-order valence-corrected chi connectivity index (χ1v) is 9.41. The zero-order valence-corrected chi connectivity index (χ0v) is 14.9. The second-order valence-electron chi connectivity index (χ2n) is 8.12. The molecular formula is C20H29N3O. The fraction of sp³-hybridized carbons (Fsp3) is 0.650. The molecule has 2 aliphatic heterocycles. The van der Waals surface area contributed by atoms with Gasteiger partial charge >= 0.3 is 6.03 Å². The van der Waals surface area contributed by atoms with Gasteiger partial charge in [-0.2, -0.15) is 0 Å². The lowest BCUT2D eigenvalue weighted by Crippen LogP contribution is -2.49. The number of hydrogen-bond donors (Lipinski definition) is 1. The summed E-state index contributed by atoms with van der Waals surface area (Å²) in [6.07, 6.45) is 5.91. The first kappa shape index (κ1) is 15.9. The van der Waals surface area contributed by atoms with Crippen LogP contribution >= 0.6 is 0 Å². The van der Waals surface area contributed by atoms with Crippen LogP contribution in [0.1, 0.15) is 43.2 Å². The van der Waals surface area contributed by atoms with E-state index in [0.717, 1.165) is 32.5 Å². The normalized spacial score (nSPS) is 29.0. The average Bonchev–Trinajstić information content (AvgIpc) is 3.32. The zero-order valence-electron chi connectivity index (χ0n) is 14.9. The van der Waals surface area contributed by atoms with E-state index in [1.165, 1.54) is 30.4 Å². The summed E-state index contributed by atoms with van der Waals surface area (Å²) in [6, 6.07) is 9.14. The molecule has 0 spiro atoms. The highest BCUT2D eigenvalue weighted by atomic mass is 16.2. The van der Waals surface area contributed by atoms with Crippen molar-refractivity contribution in [2.24, 2.45) is 5.92 Å². The van der Waals surface area contributed by atoms with Crippen molar-refractivity contribution < 1.29 is 4.79 Å². The highest BCUT2D eigenvalue weighted by Crippen LogP contribution is 2.46. The van der Waals surface area contributed by atoms with Gasteiger partial charge in [0.25, 0.3) is 0 Å². The molecule has 2 heterocycles. The number of likely N-dealkylation sites (tertiary alicyclic amines) is 1. The summed E-state index contributed by atoms with van der Waals surface area (Å²) in [5, 5.41) is 3.39. The molecule has 0 aromatic heterocycles. The number of likely N-dealkylation sites (N-methyl/N-ethyl adjacent to an activating group) is 1. The summed E-state index contributed by atoms with van der Waals surface area (Å²) in [5.41, 5.74) is 2.46. The van der Waals surface area contributed by atoms with Gasteiger partial charge in [0.2, 0.25) is 0 Å². The Hall–Kier alpha value is -1.55. The lowest BCUT2D eigenvalue weighted by Gasteiger charge is -2.32. The van der Waals surface area contributed by atoms with Gasteiger partial charge in [-0.15, -0.1) is 0 Å². The summed E-state index contributed by atoms with van der Waals surface area (Å²) in [4.78, 5) is 17.6. The number of carbonyl (C=O) groups is 1. The van der Waals surface area contributed by atoms with Gasteiger partial charge in [-0.3, -0.25) is 0 Å². The molecule has 1 aliphatic carbocycles. The average molecular weight is 327 g/mol. The van der Waals surface area contributed by atoms with Gasteiger partial charge in [-0.05, 0) is 56.7 Å². The van der Waals surface area contributed by atoms with Crippen LogP contribution in [-0.2, 0) is 5.54 Å². The molecule has 1 saturated carbocycles. The Kier molecular flexibility index (Phi) is 4.03. The van der Waals surface area contributed by atoms with Crippen LogP contribution < -0.4 is 5.32 Å². The highest BCUT2D eigenvalue weighted by Gasteiger charge is 2.47. The molecule has 2 amide bonds. The Balaban J connectivity index is 1.49. The third kappa shape index (κ3) is 2.92. The number of fused-ring (bicyclic) bond motifs is 3. The van der Waals surface area contributed by atoms with Crippen molar-refractivity contribution in [1.82, 2.24) is 15.1 Å². The largest absolute Gasteiger partial charge is 0.328 e. The Bertz CT molecular complexity index is 625. The topological polar surface area (TPSA) is 35.6 Å². The smallest absolute Gasteiger partial charge is 0.318 e. The van der Waals surface area contributed by atoms with Crippen molar-refractivity contribution in [3.05, 3.63) is 35.4 Å². The second-order valence-corrected chi connectivity index (χ2v) is 8.12. The van der Waals surface area contributed by atoms with Gasteiger partial charge in [0.05, 0.1) is 5.54 Å². The number of nitrogens with one attached hydrogen (secondary N) is 1. The number of benzene rings is 1. The minimum atomic E-state index is -0.115. The van der Waals surface area contributed by atoms with Gasteiger partial charge in [0.15, 0.2) is 0 Å². The van der Waals surface area contributed by atoms with Crippen LogP contribution in [0.5, 0.6) is 0 Å². The third-order valence-corrected chi connectivity index (χ3v) is 6.27. The summed E-state index contributed by atoms with van der Waals surface area (Å²) in [6.45, 7) is 5.07. The molecule has 24 heavy (non-hydrogen) atoms. The molecule has 4 rings (SSSR count). The van der Waals surface area contributed by atoms with E-state index in [4.69, 9.17) is 0 Å². The van der Waals surface area contributed by atoms with Crippen molar-refractivity contribution in [3.63, 3.8) is 0 Å². The van der Waals surface area contributed by atoms with E-state index < -0.39 is 0 Å². The van der Waals surface area contributed by atoms with E-state index in [0.29, 0.717) is 12.0 Å². The lowest BCUT2D eigenvalue weighted by atomic mass is 9.98. The number of hydrogen-bond acceptors (Lipinski definition) is 2. The number of aryl methyl sites for hydroxylation is 1. The quantitative estimate of drug-likeness (QED) is 0.906. The van der Waals surface area contributed by atoms with Crippen LogP contribution in [0.25, 0.3) is 0 Å². The third-order valence-electron chi connectivity index (χ3n) is 6.27. The molecule has 1 aromatic carbocycles. The van der Waals surface area contributed by atoms with Gasteiger partial charge in [-0.25, -0.2) is 4.79 Å². The second kappa shape index (κ2) is 6.07. The van der Waals surface area contributed by atoms with E-state index in [9.17, 15) is 4.79 Å². The summed E-state index contributed by atoms with van der Waals surface area (Å²) < 4.78 is 0. The van der Waals surface area contributed by atoms with E-state index >= 15 is 0 Å². The van der Waals surface area contributed by atoms with Crippen molar-refractivity contribution in [2.45, 2.75) is 50.6 Å². The molecule has 2 atom stereocenters. The maximum atomic E-state index is 13.0. The SMILES string of the molecule is Cc1ccccc1C1(NC(=O)N2C[C@H]3CCC[C@@H](C2)N(C)C3)CC1. The molecule has 3 aliphatic rings. The molecule has 2 saturated heterocycles. The molecule has 2 bridgehead atoms. The first-order valence-electron chi connectivity index (χ1n) is 9.41. The maximum absolute atomic E-state index is 13.0. The van der Waals surface area contributed by atoms with Gasteiger partial charge < -0.3 is 15.1 Å². The van der Waals surface area contributed by atoms with E-state index in [1.807, 2.05) is 0 Å². The molecule has 0 unspecified atom stereocenters.